The van der Waals surface area contributed by atoms with Crippen molar-refractivity contribution in [2.24, 2.45) is 10.7 Å². The lowest BCUT2D eigenvalue weighted by Crippen LogP contribution is -2.23. The average Bonchev–Trinajstić information content (AvgIpc) is 3.01. The first-order chi connectivity index (χ1) is 11.2. The van der Waals surface area contributed by atoms with Crippen LogP contribution in [0, 0.1) is 6.92 Å². The number of nitrogens with two attached hydrogens (primary N) is 1. The Morgan fingerprint density at radius 1 is 1.13 bits per heavy atom. The molecule has 0 bridgehead atoms. The number of hydrogen-bond acceptors (Lipinski definition) is 2. The van der Waals surface area contributed by atoms with Crippen molar-refractivity contribution in [1.82, 2.24) is 0 Å². The molecule has 0 atom stereocenters. The summed E-state index contributed by atoms with van der Waals surface area (Å²) < 4.78 is 5.63. The molecule has 23 heavy (non-hydrogen) atoms. The van der Waals surface area contributed by atoms with E-state index in [2.05, 4.69) is 35.4 Å². The maximum atomic E-state index is 5.93. The molecule has 2 aromatic carbocycles. The smallest absolute Gasteiger partial charge is 0.193 e. The number of nitrogens with zero attached hydrogens (tertiary/aromatic N) is 1. The Balaban J connectivity index is 1.47. The van der Waals surface area contributed by atoms with Gasteiger partial charge < -0.3 is 15.8 Å². The van der Waals surface area contributed by atoms with E-state index in [1.807, 2.05) is 24.3 Å². The molecule has 0 fully saturated rings. The first kappa shape index (κ1) is 15.4. The van der Waals surface area contributed by atoms with Crippen LogP contribution < -0.4 is 15.8 Å². The molecular weight excluding hydrogens is 286 g/mol. The van der Waals surface area contributed by atoms with Crippen molar-refractivity contribution in [1.29, 1.82) is 0 Å². The van der Waals surface area contributed by atoms with Gasteiger partial charge in [0.2, 0.25) is 0 Å². The third-order valence-corrected chi connectivity index (χ3v) is 4.03. The summed E-state index contributed by atoms with van der Waals surface area (Å²) in [5, 5.41) is 3.15. The predicted octanol–water partition coefficient (Wildman–Crippen LogP) is 3.29. The molecule has 0 aliphatic heterocycles. The lowest BCUT2D eigenvalue weighted by Gasteiger charge is -2.08. The molecule has 0 spiro atoms. The van der Waals surface area contributed by atoms with Gasteiger partial charge in [0.1, 0.15) is 12.4 Å². The zero-order valence-electron chi connectivity index (χ0n) is 13.5. The molecule has 3 rings (SSSR count). The number of anilines is 1. The van der Waals surface area contributed by atoms with Gasteiger partial charge in [0.05, 0.1) is 6.54 Å². The van der Waals surface area contributed by atoms with Gasteiger partial charge in [-0.3, -0.25) is 0 Å². The maximum absolute atomic E-state index is 5.93. The van der Waals surface area contributed by atoms with E-state index >= 15 is 0 Å². The molecule has 1 aliphatic carbocycles. The molecule has 0 amide bonds. The van der Waals surface area contributed by atoms with Crippen LogP contribution in [0.2, 0.25) is 0 Å². The average molecular weight is 309 g/mol. The van der Waals surface area contributed by atoms with Crippen molar-refractivity contribution < 1.29 is 4.74 Å². The zero-order chi connectivity index (χ0) is 16.1. The van der Waals surface area contributed by atoms with E-state index in [0.717, 1.165) is 17.9 Å². The van der Waals surface area contributed by atoms with Crippen LogP contribution in [0.25, 0.3) is 0 Å². The van der Waals surface area contributed by atoms with Gasteiger partial charge >= 0.3 is 0 Å². The van der Waals surface area contributed by atoms with Gasteiger partial charge in [-0.2, -0.15) is 0 Å². The highest BCUT2D eigenvalue weighted by Gasteiger charge is 2.10. The monoisotopic (exact) mass is 309 g/mol. The SMILES string of the molecule is Cc1ccc(OCCN=C(N)Nc2ccc3c(c2)CCC3)cc1. The summed E-state index contributed by atoms with van der Waals surface area (Å²) >= 11 is 0. The zero-order valence-corrected chi connectivity index (χ0v) is 13.5. The summed E-state index contributed by atoms with van der Waals surface area (Å²) in [4.78, 5) is 4.30. The van der Waals surface area contributed by atoms with Crippen LogP contribution in [0.5, 0.6) is 5.75 Å². The van der Waals surface area contributed by atoms with Crippen molar-refractivity contribution in [3.63, 3.8) is 0 Å². The lowest BCUT2D eigenvalue weighted by molar-refractivity contribution is 0.328. The van der Waals surface area contributed by atoms with E-state index in [0.29, 0.717) is 19.1 Å². The van der Waals surface area contributed by atoms with E-state index in [9.17, 15) is 0 Å². The fraction of sp³-hybridized carbons (Fsp3) is 0.316. The van der Waals surface area contributed by atoms with E-state index in [1.165, 1.54) is 29.5 Å². The summed E-state index contributed by atoms with van der Waals surface area (Å²) in [6.07, 6.45) is 3.60. The van der Waals surface area contributed by atoms with Crippen LogP contribution >= 0.6 is 0 Å². The number of rotatable bonds is 5. The third-order valence-electron chi connectivity index (χ3n) is 4.03. The van der Waals surface area contributed by atoms with Gasteiger partial charge in [0.25, 0.3) is 0 Å². The van der Waals surface area contributed by atoms with Crippen LogP contribution in [0.1, 0.15) is 23.1 Å². The minimum Gasteiger partial charge on any atom is -0.492 e. The normalized spacial score (nSPS) is 13.7. The quantitative estimate of drug-likeness (QED) is 0.506. The minimum absolute atomic E-state index is 0.426. The molecule has 0 saturated carbocycles. The summed E-state index contributed by atoms with van der Waals surface area (Å²) in [6.45, 7) is 3.09. The van der Waals surface area contributed by atoms with Crippen molar-refractivity contribution in [2.45, 2.75) is 26.2 Å². The lowest BCUT2D eigenvalue weighted by atomic mass is 10.1. The van der Waals surface area contributed by atoms with Crippen LogP contribution in [0.15, 0.2) is 47.5 Å². The number of aryl methyl sites for hydroxylation is 3. The highest BCUT2D eigenvalue weighted by Crippen LogP contribution is 2.24. The van der Waals surface area contributed by atoms with E-state index in [1.54, 1.807) is 0 Å². The largest absolute Gasteiger partial charge is 0.492 e. The van der Waals surface area contributed by atoms with Gasteiger partial charge in [-0.05, 0) is 61.6 Å². The highest BCUT2D eigenvalue weighted by molar-refractivity contribution is 5.92. The second-order valence-electron chi connectivity index (χ2n) is 5.89. The maximum Gasteiger partial charge on any atom is 0.193 e. The van der Waals surface area contributed by atoms with Gasteiger partial charge in [-0.1, -0.05) is 23.8 Å². The Morgan fingerprint density at radius 3 is 2.74 bits per heavy atom. The van der Waals surface area contributed by atoms with Crippen LogP contribution in [0.3, 0.4) is 0 Å². The molecule has 120 valence electrons. The molecule has 4 nitrogen and oxygen atoms in total. The number of hydrogen-bond donors (Lipinski definition) is 2. The molecule has 3 N–H and O–H groups in total. The van der Waals surface area contributed by atoms with Crippen molar-refractivity contribution in [2.75, 3.05) is 18.5 Å². The van der Waals surface area contributed by atoms with Crippen molar-refractivity contribution in [3.05, 3.63) is 59.2 Å². The standard InChI is InChI=1S/C19H23N3O/c1-14-5-9-18(10-6-14)23-12-11-21-19(20)22-17-8-7-15-3-2-4-16(15)13-17/h5-10,13H,2-4,11-12H2,1H3,(H3,20,21,22). The molecule has 0 aromatic heterocycles. The van der Waals surface area contributed by atoms with E-state index in [4.69, 9.17) is 10.5 Å². The Morgan fingerprint density at radius 2 is 1.91 bits per heavy atom. The third kappa shape index (κ3) is 4.25. The van der Waals surface area contributed by atoms with Gasteiger partial charge in [0, 0.05) is 5.69 Å². The van der Waals surface area contributed by atoms with Crippen LogP contribution in [0.4, 0.5) is 5.69 Å². The molecule has 0 saturated heterocycles. The summed E-state index contributed by atoms with van der Waals surface area (Å²) in [5.74, 6) is 1.28. The molecular formula is C19H23N3O. The number of benzene rings is 2. The first-order valence-electron chi connectivity index (χ1n) is 8.09. The minimum atomic E-state index is 0.426. The first-order valence-corrected chi connectivity index (χ1v) is 8.09. The van der Waals surface area contributed by atoms with Crippen molar-refractivity contribution >= 4 is 11.6 Å². The fourth-order valence-electron chi connectivity index (χ4n) is 2.80. The molecule has 0 unspecified atom stereocenters. The number of nitrogens with one attached hydrogen (secondary N) is 1. The Bertz CT molecular complexity index is 692. The number of aliphatic imine (C=N–C) groups is 1. The summed E-state index contributed by atoms with van der Waals surface area (Å²) in [5.41, 5.74) is 11.0. The Kier molecular flexibility index (Phi) is 4.81. The second kappa shape index (κ2) is 7.18. The Hall–Kier alpha value is -2.49. The molecule has 4 heteroatoms. The van der Waals surface area contributed by atoms with Gasteiger partial charge in [0.15, 0.2) is 5.96 Å². The van der Waals surface area contributed by atoms with E-state index in [-0.39, 0.29) is 0 Å². The summed E-state index contributed by atoms with van der Waals surface area (Å²) in [6, 6.07) is 14.4. The number of fused-ring (bicyclic) bond motifs is 1. The van der Waals surface area contributed by atoms with Crippen LogP contribution in [-0.4, -0.2) is 19.1 Å². The topological polar surface area (TPSA) is 59.6 Å². The highest BCUT2D eigenvalue weighted by atomic mass is 16.5. The van der Waals surface area contributed by atoms with Crippen LogP contribution in [-0.2, 0) is 12.8 Å². The fourth-order valence-corrected chi connectivity index (χ4v) is 2.80. The van der Waals surface area contributed by atoms with Crippen molar-refractivity contribution in [3.8, 4) is 5.75 Å². The summed E-state index contributed by atoms with van der Waals surface area (Å²) in [7, 11) is 0. The predicted molar refractivity (Wildman–Crippen MR) is 95.3 cm³/mol. The number of ether oxygens (including phenoxy) is 1. The van der Waals surface area contributed by atoms with E-state index < -0.39 is 0 Å². The molecule has 1 aliphatic rings. The van der Waals surface area contributed by atoms with Gasteiger partial charge in [-0.15, -0.1) is 0 Å². The Labute approximate surface area is 137 Å². The molecule has 0 radical (unpaired) electrons. The van der Waals surface area contributed by atoms with Gasteiger partial charge in [-0.25, -0.2) is 4.99 Å². The second-order valence-corrected chi connectivity index (χ2v) is 5.89. The molecule has 0 heterocycles. The molecule has 2 aromatic rings. The number of guanidine groups is 1.